The number of hydrogen-bond donors (Lipinski definition) is 2. The van der Waals surface area contributed by atoms with Crippen LogP contribution in [0, 0.1) is 0 Å². The molecule has 142 valence electrons. The third-order valence-corrected chi connectivity index (χ3v) is 5.12. The van der Waals surface area contributed by atoms with Gasteiger partial charge in [0.2, 0.25) is 15.9 Å². The molecule has 0 aromatic heterocycles. The quantitative estimate of drug-likeness (QED) is 0.454. The van der Waals surface area contributed by atoms with Gasteiger partial charge in [-0.1, -0.05) is 58.4 Å². The van der Waals surface area contributed by atoms with E-state index in [1.165, 1.54) is 12.2 Å². The molecule has 7 heteroatoms. The maximum Gasteiger partial charge on any atom is 0.243 e. The van der Waals surface area contributed by atoms with Gasteiger partial charge in [-0.15, -0.1) is 0 Å². The second-order valence-corrected chi connectivity index (χ2v) is 8.25. The van der Waals surface area contributed by atoms with Crippen molar-refractivity contribution in [2.45, 2.75) is 6.42 Å². The second kappa shape index (κ2) is 10.8. The summed E-state index contributed by atoms with van der Waals surface area (Å²) in [5, 5.41) is 3.86. The van der Waals surface area contributed by atoms with E-state index in [0.717, 1.165) is 21.0 Å². The Balaban J connectivity index is 1.66. The van der Waals surface area contributed by atoms with Gasteiger partial charge in [-0.05, 0) is 41.8 Å². The average molecular weight is 449 g/mol. The summed E-state index contributed by atoms with van der Waals surface area (Å²) in [4.78, 5) is 11.7. The van der Waals surface area contributed by atoms with Gasteiger partial charge in [0.25, 0.3) is 0 Å². The zero-order valence-electron chi connectivity index (χ0n) is 14.6. The molecule has 5 nitrogen and oxygen atoms in total. The molecule has 0 aliphatic rings. The molecule has 2 N–H and O–H groups in total. The molecule has 0 heterocycles. The lowest BCUT2D eigenvalue weighted by Gasteiger charge is -2.04. The number of carbonyl (C=O) groups is 1. The molecule has 2 aromatic rings. The number of sulfonamides is 1. The average Bonchev–Trinajstić information content (AvgIpc) is 2.66. The maximum atomic E-state index is 11.9. The Morgan fingerprint density at radius 1 is 0.926 bits per heavy atom. The highest BCUT2D eigenvalue weighted by molar-refractivity contribution is 9.10. The predicted octanol–water partition coefficient (Wildman–Crippen LogP) is 3.56. The second-order valence-electron chi connectivity index (χ2n) is 5.68. The predicted molar refractivity (Wildman–Crippen MR) is 113 cm³/mol. The first-order chi connectivity index (χ1) is 12.9. The SMILES string of the molecule is O=C(/C=C/c1ccc(Br)cc1)NCCCNS(=O)(=O)/C=C/c1ccccc1. The van der Waals surface area contributed by atoms with Crippen molar-refractivity contribution in [2.24, 2.45) is 0 Å². The van der Waals surface area contributed by atoms with Gasteiger partial charge in [0.15, 0.2) is 0 Å². The summed E-state index contributed by atoms with van der Waals surface area (Å²) in [6.45, 7) is 0.632. The van der Waals surface area contributed by atoms with E-state index < -0.39 is 10.0 Å². The molecule has 0 spiro atoms. The summed E-state index contributed by atoms with van der Waals surface area (Å²) in [5.41, 5.74) is 1.74. The molecule has 0 saturated carbocycles. The smallest absolute Gasteiger partial charge is 0.243 e. The molecular weight excluding hydrogens is 428 g/mol. The minimum absolute atomic E-state index is 0.218. The van der Waals surface area contributed by atoms with Crippen molar-refractivity contribution in [1.82, 2.24) is 10.0 Å². The van der Waals surface area contributed by atoms with Crippen LogP contribution < -0.4 is 10.0 Å². The molecular formula is C20H21BrN2O3S. The van der Waals surface area contributed by atoms with E-state index in [-0.39, 0.29) is 12.5 Å². The van der Waals surface area contributed by atoms with Crippen molar-refractivity contribution in [1.29, 1.82) is 0 Å². The summed E-state index contributed by atoms with van der Waals surface area (Å²) >= 11 is 3.35. The molecule has 0 aliphatic heterocycles. The standard InChI is InChI=1S/C20H21BrN2O3S/c21-19-10-7-18(8-11-19)9-12-20(24)22-14-4-15-23-27(25,26)16-13-17-5-2-1-3-6-17/h1-3,5-13,16,23H,4,14-15H2,(H,22,24)/b12-9+,16-13+. The number of benzene rings is 2. The number of carbonyl (C=O) groups excluding carboxylic acids is 1. The number of rotatable bonds is 9. The third-order valence-electron chi connectivity index (χ3n) is 3.49. The van der Waals surface area contributed by atoms with Crippen LogP contribution in [-0.2, 0) is 14.8 Å². The molecule has 2 aromatic carbocycles. The van der Waals surface area contributed by atoms with Crippen molar-refractivity contribution in [3.05, 3.63) is 81.7 Å². The topological polar surface area (TPSA) is 75.3 Å². The Morgan fingerprint density at radius 3 is 2.30 bits per heavy atom. The van der Waals surface area contributed by atoms with Gasteiger partial charge in [-0.2, -0.15) is 0 Å². The van der Waals surface area contributed by atoms with Crippen LogP contribution >= 0.6 is 15.9 Å². The molecule has 0 atom stereocenters. The van der Waals surface area contributed by atoms with Crippen molar-refractivity contribution < 1.29 is 13.2 Å². The van der Waals surface area contributed by atoms with Gasteiger partial charge < -0.3 is 5.32 Å². The first kappa shape index (κ1) is 21.1. The highest BCUT2D eigenvalue weighted by Crippen LogP contribution is 2.11. The van der Waals surface area contributed by atoms with E-state index in [0.29, 0.717) is 13.0 Å². The van der Waals surface area contributed by atoms with Gasteiger partial charge in [0.1, 0.15) is 0 Å². The fraction of sp³-hybridized carbons (Fsp3) is 0.150. The molecule has 0 bridgehead atoms. The van der Waals surface area contributed by atoms with Crippen molar-refractivity contribution in [3.8, 4) is 0 Å². The first-order valence-electron chi connectivity index (χ1n) is 8.39. The minimum atomic E-state index is -3.49. The lowest BCUT2D eigenvalue weighted by atomic mass is 10.2. The Hall–Kier alpha value is -2.22. The summed E-state index contributed by atoms with van der Waals surface area (Å²) in [6.07, 6.45) is 5.21. The van der Waals surface area contributed by atoms with Crippen molar-refractivity contribution in [2.75, 3.05) is 13.1 Å². The van der Waals surface area contributed by atoms with Crippen molar-refractivity contribution >= 4 is 44.0 Å². The Bertz CT molecular complexity index is 893. The van der Waals surface area contributed by atoms with Crippen LogP contribution in [-0.4, -0.2) is 27.4 Å². The molecule has 0 radical (unpaired) electrons. The van der Waals surface area contributed by atoms with Crippen LogP contribution in [0.15, 0.2) is 70.6 Å². The lowest BCUT2D eigenvalue weighted by Crippen LogP contribution is -2.28. The number of nitrogens with one attached hydrogen (secondary N) is 2. The summed E-state index contributed by atoms with van der Waals surface area (Å²) in [6, 6.07) is 16.8. The van der Waals surface area contributed by atoms with E-state index in [4.69, 9.17) is 0 Å². The van der Waals surface area contributed by atoms with Gasteiger partial charge >= 0.3 is 0 Å². The van der Waals surface area contributed by atoms with Gasteiger partial charge in [-0.25, -0.2) is 13.1 Å². The van der Waals surface area contributed by atoms with E-state index >= 15 is 0 Å². The Morgan fingerprint density at radius 2 is 1.59 bits per heavy atom. The summed E-state index contributed by atoms with van der Waals surface area (Å²) in [5.74, 6) is -0.218. The summed E-state index contributed by atoms with van der Waals surface area (Å²) < 4.78 is 27.2. The number of amides is 1. The van der Waals surface area contributed by atoms with Crippen LogP contribution in [0.1, 0.15) is 17.5 Å². The van der Waals surface area contributed by atoms with Crippen LogP contribution in [0.4, 0.5) is 0 Å². The summed E-state index contributed by atoms with van der Waals surface area (Å²) in [7, 11) is -3.49. The fourth-order valence-corrected chi connectivity index (χ4v) is 3.23. The van der Waals surface area contributed by atoms with Gasteiger partial charge in [-0.3, -0.25) is 4.79 Å². The van der Waals surface area contributed by atoms with E-state index in [1.54, 1.807) is 6.08 Å². The minimum Gasteiger partial charge on any atom is -0.353 e. The van der Waals surface area contributed by atoms with E-state index in [1.807, 2.05) is 54.6 Å². The Labute approximate surface area is 168 Å². The first-order valence-corrected chi connectivity index (χ1v) is 10.7. The maximum absolute atomic E-state index is 11.9. The zero-order valence-corrected chi connectivity index (χ0v) is 17.0. The van der Waals surface area contributed by atoms with Gasteiger partial charge in [0, 0.05) is 29.0 Å². The Kier molecular flexibility index (Phi) is 8.44. The van der Waals surface area contributed by atoms with E-state index in [9.17, 15) is 13.2 Å². The molecule has 27 heavy (non-hydrogen) atoms. The van der Waals surface area contributed by atoms with E-state index in [2.05, 4.69) is 26.0 Å². The molecule has 0 saturated heterocycles. The highest BCUT2D eigenvalue weighted by Gasteiger charge is 2.04. The molecule has 0 aliphatic carbocycles. The molecule has 0 unspecified atom stereocenters. The third kappa shape index (κ3) is 8.81. The number of hydrogen-bond acceptors (Lipinski definition) is 3. The normalized spacial score (nSPS) is 11.9. The largest absolute Gasteiger partial charge is 0.353 e. The number of halogens is 1. The lowest BCUT2D eigenvalue weighted by molar-refractivity contribution is -0.116. The highest BCUT2D eigenvalue weighted by atomic mass is 79.9. The zero-order chi connectivity index (χ0) is 19.5. The van der Waals surface area contributed by atoms with Crippen molar-refractivity contribution in [3.63, 3.8) is 0 Å². The fourth-order valence-electron chi connectivity index (χ4n) is 2.10. The van der Waals surface area contributed by atoms with Crippen LogP contribution in [0.5, 0.6) is 0 Å². The molecule has 2 rings (SSSR count). The molecule has 1 amide bonds. The monoisotopic (exact) mass is 448 g/mol. The van der Waals surface area contributed by atoms with Crippen LogP contribution in [0.2, 0.25) is 0 Å². The van der Waals surface area contributed by atoms with Crippen LogP contribution in [0.3, 0.4) is 0 Å². The molecule has 0 fully saturated rings. The van der Waals surface area contributed by atoms with Crippen LogP contribution in [0.25, 0.3) is 12.2 Å². The van der Waals surface area contributed by atoms with Gasteiger partial charge in [0.05, 0.1) is 0 Å².